The fourth-order valence-electron chi connectivity index (χ4n) is 2.47. The summed E-state index contributed by atoms with van der Waals surface area (Å²) in [5, 5.41) is 12.0. The van der Waals surface area contributed by atoms with Crippen LogP contribution in [0, 0.1) is 5.92 Å². The van der Waals surface area contributed by atoms with Crippen LogP contribution < -0.4 is 5.32 Å². The van der Waals surface area contributed by atoms with E-state index in [0.717, 1.165) is 25.9 Å². The molecule has 0 atom stereocenters. The number of nitrogens with zero attached hydrogens (tertiary/aromatic N) is 3. The Morgan fingerprint density at radius 2 is 2.00 bits per heavy atom. The van der Waals surface area contributed by atoms with Gasteiger partial charge in [-0.2, -0.15) is 0 Å². The number of hydrogen-bond acceptors (Lipinski definition) is 5. The van der Waals surface area contributed by atoms with E-state index in [4.69, 9.17) is 5.11 Å². The van der Waals surface area contributed by atoms with Gasteiger partial charge in [0, 0.05) is 25.6 Å². The van der Waals surface area contributed by atoms with Crippen molar-refractivity contribution in [2.45, 2.75) is 39.2 Å². The highest BCUT2D eigenvalue weighted by atomic mass is 16.4. The molecule has 1 saturated heterocycles. The summed E-state index contributed by atoms with van der Waals surface area (Å²) < 4.78 is 0. The summed E-state index contributed by atoms with van der Waals surface area (Å²) >= 11 is 0. The molecule has 0 unspecified atom stereocenters. The van der Waals surface area contributed by atoms with E-state index in [-0.39, 0.29) is 17.6 Å². The highest BCUT2D eigenvalue weighted by molar-refractivity contribution is 5.84. The van der Waals surface area contributed by atoms with E-state index in [2.05, 4.69) is 15.3 Å². The Labute approximate surface area is 129 Å². The second kappa shape index (κ2) is 7.20. The molecular weight excluding hydrogens is 284 g/mol. The van der Waals surface area contributed by atoms with Crippen LogP contribution in [0.3, 0.4) is 0 Å². The van der Waals surface area contributed by atoms with E-state index in [1.807, 2.05) is 18.7 Å². The van der Waals surface area contributed by atoms with Gasteiger partial charge in [0.15, 0.2) is 5.69 Å². The largest absolute Gasteiger partial charge is 0.476 e. The topological polar surface area (TPSA) is 95.4 Å². The number of nitrogens with one attached hydrogen (secondary N) is 1. The molecule has 0 saturated carbocycles. The van der Waals surface area contributed by atoms with Crippen molar-refractivity contribution < 1.29 is 14.7 Å². The normalized spacial score (nSPS) is 15.9. The Bertz CT molecular complexity index is 522. The fourth-order valence-corrected chi connectivity index (χ4v) is 2.47. The summed E-state index contributed by atoms with van der Waals surface area (Å²) in [7, 11) is 0. The maximum atomic E-state index is 12.0. The number of hydrogen-bond donors (Lipinski definition) is 2. The summed E-state index contributed by atoms with van der Waals surface area (Å²) in [6.07, 6.45) is 4.98. The summed E-state index contributed by atoms with van der Waals surface area (Å²) in [5.41, 5.74) is -0.0698. The molecule has 2 rings (SSSR count). The molecule has 22 heavy (non-hydrogen) atoms. The lowest BCUT2D eigenvalue weighted by atomic mass is 10.0. The minimum absolute atomic E-state index is 0.0698. The maximum absolute atomic E-state index is 12.0. The molecule has 1 aliphatic rings. The van der Waals surface area contributed by atoms with Gasteiger partial charge in [-0.1, -0.05) is 13.8 Å². The van der Waals surface area contributed by atoms with Crippen LogP contribution >= 0.6 is 0 Å². The van der Waals surface area contributed by atoms with E-state index in [1.165, 1.54) is 12.4 Å². The number of aromatic nitrogens is 2. The molecule has 0 radical (unpaired) electrons. The zero-order chi connectivity index (χ0) is 16.1. The van der Waals surface area contributed by atoms with Gasteiger partial charge in [0.1, 0.15) is 5.82 Å². The molecule has 1 aromatic rings. The number of carboxylic acids is 1. The summed E-state index contributed by atoms with van der Waals surface area (Å²) in [6, 6.07) is 0.230. The first-order valence-electron chi connectivity index (χ1n) is 7.55. The van der Waals surface area contributed by atoms with Crippen LogP contribution in [0.15, 0.2) is 12.4 Å². The number of likely N-dealkylation sites (tertiary alicyclic amines) is 1. The molecule has 0 spiro atoms. The smallest absolute Gasteiger partial charge is 0.356 e. The van der Waals surface area contributed by atoms with Gasteiger partial charge in [-0.15, -0.1) is 0 Å². The first-order valence-corrected chi connectivity index (χ1v) is 7.55. The first-order chi connectivity index (χ1) is 10.5. The minimum atomic E-state index is -1.09. The molecule has 1 amide bonds. The van der Waals surface area contributed by atoms with E-state index >= 15 is 0 Å². The van der Waals surface area contributed by atoms with Crippen molar-refractivity contribution >= 4 is 17.7 Å². The third-order valence-electron chi connectivity index (χ3n) is 3.65. The maximum Gasteiger partial charge on any atom is 0.356 e. The van der Waals surface area contributed by atoms with Crippen molar-refractivity contribution in [2.75, 3.05) is 18.4 Å². The second-order valence-electron chi connectivity index (χ2n) is 5.99. The van der Waals surface area contributed by atoms with Gasteiger partial charge in [0.05, 0.1) is 12.4 Å². The van der Waals surface area contributed by atoms with Gasteiger partial charge < -0.3 is 15.3 Å². The van der Waals surface area contributed by atoms with E-state index in [1.54, 1.807) is 0 Å². The predicted octanol–water partition coefficient (Wildman–Crippen LogP) is 1.62. The van der Waals surface area contributed by atoms with Crippen molar-refractivity contribution in [3.8, 4) is 0 Å². The quantitative estimate of drug-likeness (QED) is 0.858. The lowest BCUT2D eigenvalue weighted by Gasteiger charge is -2.33. The number of rotatable bonds is 5. The molecule has 1 fully saturated rings. The zero-order valence-corrected chi connectivity index (χ0v) is 13.0. The Balaban J connectivity index is 1.82. The van der Waals surface area contributed by atoms with Gasteiger partial charge in [-0.05, 0) is 18.8 Å². The Hall–Kier alpha value is -2.18. The van der Waals surface area contributed by atoms with Crippen LogP contribution in [0.2, 0.25) is 0 Å². The molecule has 120 valence electrons. The van der Waals surface area contributed by atoms with Crippen molar-refractivity contribution in [1.82, 2.24) is 14.9 Å². The average Bonchev–Trinajstić information content (AvgIpc) is 2.48. The summed E-state index contributed by atoms with van der Waals surface area (Å²) in [6.45, 7) is 5.57. The number of piperidine rings is 1. The molecule has 0 aliphatic carbocycles. The lowest BCUT2D eigenvalue weighted by molar-refractivity contribution is -0.132. The van der Waals surface area contributed by atoms with Crippen LogP contribution in [0.1, 0.15) is 43.6 Å². The Kier molecular flexibility index (Phi) is 5.30. The predicted molar refractivity (Wildman–Crippen MR) is 81.7 cm³/mol. The van der Waals surface area contributed by atoms with Crippen LogP contribution in [0.4, 0.5) is 5.82 Å². The Morgan fingerprint density at radius 3 is 2.50 bits per heavy atom. The molecule has 7 nitrogen and oxygen atoms in total. The minimum Gasteiger partial charge on any atom is -0.476 e. The summed E-state index contributed by atoms with van der Waals surface area (Å²) in [5.74, 6) is 0.0819. The third kappa shape index (κ3) is 4.41. The van der Waals surface area contributed by atoms with Crippen LogP contribution in [-0.4, -0.2) is 51.0 Å². The molecule has 2 N–H and O–H groups in total. The van der Waals surface area contributed by atoms with Gasteiger partial charge in [0.2, 0.25) is 5.91 Å². The second-order valence-corrected chi connectivity index (χ2v) is 5.99. The molecular formula is C15H22N4O3. The van der Waals surface area contributed by atoms with E-state index in [0.29, 0.717) is 18.2 Å². The van der Waals surface area contributed by atoms with Crippen molar-refractivity contribution in [3.63, 3.8) is 0 Å². The standard InChI is InChI=1S/C15H22N4O3/c1-10(2)7-14(20)19-5-3-11(4-6-19)18-13-9-16-12(8-17-13)15(21)22/h8-11H,3-7H2,1-2H3,(H,17,18)(H,21,22). The summed E-state index contributed by atoms with van der Waals surface area (Å²) in [4.78, 5) is 32.5. The SMILES string of the molecule is CC(C)CC(=O)N1CCC(Nc2cnc(C(=O)O)cn2)CC1. The number of carbonyl (C=O) groups excluding carboxylic acids is 1. The van der Waals surface area contributed by atoms with Crippen LogP contribution in [0.5, 0.6) is 0 Å². The van der Waals surface area contributed by atoms with E-state index < -0.39 is 5.97 Å². The fraction of sp³-hybridized carbons (Fsp3) is 0.600. The highest BCUT2D eigenvalue weighted by Gasteiger charge is 2.23. The van der Waals surface area contributed by atoms with Crippen molar-refractivity contribution in [1.29, 1.82) is 0 Å². The molecule has 0 aromatic carbocycles. The zero-order valence-electron chi connectivity index (χ0n) is 13.0. The van der Waals surface area contributed by atoms with E-state index in [9.17, 15) is 9.59 Å². The number of carbonyl (C=O) groups is 2. The monoisotopic (exact) mass is 306 g/mol. The average molecular weight is 306 g/mol. The van der Waals surface area contributed by atoms with Crippen LogP contribution in [-0.2, 0) is 4.79 Å². The third-order valence-corrected chi connectivity index (χ3v) is 3.65. The number of carboxylic acid groups (broad SMARTS) is 1. The lowest BCUT2D eigenvalue weighted by Crippen LogP contribution is -2.42. The molecule has 2 heterocycles. The van der Waals surface area contributed by atoms with Crippen molar-refractivity contribution in [3.05, 3.63) is 18.1 Å². The molecule has 1 aromatic heterocycles. The molecule has 7 heteroatoms. The molecule has 1 aliphatic heterocycles. The van der Waals surface area contributed by atoms with Crippen LogP contribution in [0.25, 0.3) is 0 Å². The van der Waals surface area contributed by atoms with Crippen molar-refractivity contribution in [2.24, 2.45) is 5.92 Å². The number of amides is 1. The van der Waals surface area contributed by atoms with Gasteiger partial charge in [-0.25, -0.2) is 14.8 Å². The highest BCUT2D eigenvalue weighted by Crippen LogP contribution is 2.16. The first kappa shape index (κ1) is 16.2. The van der Waals surface area contributed by atoms with Gasteiger partial charge >= 0.3 is 5.97 Å². The Morgan fingerprint density at radius 1 is 1.32 bits per heavy atom. The molecule has 0 bridgehead atoms. The number of aromatic carboxylic acids is 1. The van der Waals surface area contributed by atoms with Gasteiger partial charge in [-0.3, -0.25) is 4.79 Å². The van der Waals surface area contributed by atoms with Gasteiger partial charge in [0.25, 0.3) is 0 Å². The number of anilines is 1.